The SMILES string of the molecule is O=C(O)c1ccc(NC2=C(Cl)C(=O)N(c3cccc(C(F)(F)F)c3)C2=O)cc1. The lowest BCUT2D eigenvalue weighted by atomic mass is 10.2. The number of benzene rings is 2. The second-order valence-corrected chi connectivity index (χ2v) is 6.07. The number of anilines is 2. The summed E-state index contributed by atoms with van der Waals surface area (Å²) >= 11 is 5.92. The lowest BCUT2D eigenvalue weighted by Gasteiger charge is -2.17. The van der Waals surface area contributed by atoms with Crippen molar-refractivity contribution in [3.63, 3.8) is 0 Å². The van der Waals surface area contributed by atoms with Gasteiger partial charge >= 0.3 is 12.1 Å². The number of nitrogens with one attached hydrogen (secondary N) is 1. The van der Waals surface area contributed by atoms with Crippen LogP contribution in [0.4, 0.5) is 24.5 Å². The van der Waals surface area contributed by atoms with Gasteiger partial charge in [0.15, 0.2) is 0 Å². The first-order chi connectivity index (χ1) is 13.1. The molecule has 0 fully saturated rings. The van der Waals surface area contributed by atoms with Crippen LogP contribution in [-0.2, 0) is 15.8 Å². The first-order valence-electron chi connectivity index (χ1n) is 7.66. The van der Waals surface area contributed by atoms with Gasteiger partial charge in [0.1, 0.15) is 10.7 Å². The molecular formula is C18H10ClF3N2O4. The zero-order valence-corrected chi connectivity index (χ0v) is 14.5. The largest absolute Gasteiger partial charge is 0.478 e. The molecule has 3 rings (SSSR count). The fourth-order valence-electron chi connectivity index (χ4n) is 2.51. The Morgan fingerprint density at radius 2 is 1.68 bits per heavy atom. The molecule has 0 aromatic heterocycles. The van der Waals surface area contributed by atoms with E-state index in [-0.39, 0.29) is 22.6 Å². The molecule has 0 aliphatic carbocycles. The molecule has 6 nitrogen and oxygen atoms in total. The van der Waals surface area contributed by atoms with Crippen LogP contribution >= 0.6 is 11.6 Å². The monoisotopic (exact) mass is 410 g/mol. The van der Waals surface area contributed by atoms with Gasteiger partial charge < -0.3 is 10.4 Å². The van der Waals surface area contributed by atoms with Crippen LogP contribution in [-0.4, -0.2) is 22.9 Å². The average molecular weight is 411 g/mol. The number of aromatic carboxylic acids is 1. The number of carboxylic acids is 1. The van der Waals surface area contributed by atoms with Gasteiger partial charge in [-0.25, -0.2) is 9.69 Å². The van der Waals surface area contributed by atoms with Crippen LogP contribution in [0.5, 0.6) is 0 Å². The van der Waals surface area contributed by atoms with E-state index in [1.807, 2.05) is 0 Å². The molecule has 10 heteroatoms. The minimum atomic E-state index is -4.65. The summed E-state index contributed by atoms with van der Waals surface area (Å²) in [7, 11) is 0. The third-order valence-corrected chi connectivity index (χ3v) is 4.21. The number of halogens is 4. The van der Waals surface area contributed by atoms with E-state index in [1.165, 1.54) is 30.3 Å². The molecular weight excluding hydrogens is 401 g/mol. The Labute approximate surface area is 160 Å². The van der Waals surface area contributed by atoms with Crippen molar-refractivity contribution in [1.82, 2.24) is 0 Å². The molecule has 0 unspecified atom stereocenters. The Morgan fingerprint density at radius 3 is 2.25 bits per heavy atom. The summed E-state index contributed by atoms with van der Waals surface area (Å²) in [5, 5.41) is 11.0. The number of carboxylic acid groups (broad SMARTS) is 1. The van der Waals surface area contributed by atoms with Gasteiger partial charge in [0.05, 0.1) is 16.8 Å². The number of hydrogen-bond donors (Lipinski definition) is 2. The normalized spacial score (nSPS) is 14.6. The second-order valence-electron chi connectivity index (χ2n) is 5.69. The third-order valence-electron chi connectivity index (χ3n) is 3.86. The Kier molecular flexibility index (Phi) is 4.86. The van der Waals surface area contributed by atoms with Crippen molar-refractivity contribution in [2.45, 2.75) is 6.18 Å². The summed E-state index contributed by atoms with van der Waals surface area (Å²) in [5.41, 5.74) is -1.35. The van der Waals surface area contributed by atoms with Gasteiger partial charge in [-0.2, -0.15) is 13.2 Å². The van der Waals surface area contributed by atoms with E-state index >= 15 is 0 Å². The summed E-state index contributed by atoms with van der Waals surface area (Å²) < 4.78 is 38.7. The van der Waals surface area contributed by atoms with Gasteiger partial charge in [-0.3, -0.25) is 9.59 Å². The highest BCUT2D eigenvalue weighted by Crippen LogP contribution is 2.35. The quantitative estimate of drug-likeness (QED) is 0.748. The van der Waals surface area contributed by atoms with Crippen LogP contribution in [0.3, 0.4) is 0 Å². The summed E-state index contributed by atoms with van der Waals surface area (Å²) in [4.78, 5) is 36.3. The number of hydrogen-bond acceptors (Lipinski definition) is 4. The Hall–Kier alpha value is -3.33. The fraction of sp³-hybridized carbons (Fsp3) is 0.0556. The van der Waals surface area contributed by atoms with Gasteiger partial charge in [-0.1, -0.05) is 17.7 Å². The van der Waals surface area contributed by atoms with Gasteiger partial charge in [0.25, 0.3) is 11.8 Å². The van der Waals surface area contributed by atoms with Crippen LogP contribution in [0.25, 0.3) is 0 Å². The molecule has 0 atom stereocenters. The molecule has 0 saturated heterocycles. The smallest absolute Gasteiger partial charge is 0.416 e. The van der Waals surface area contributed by atoms with E-state index in [9.17, 15) is 27.6 Å². The first-order valence-corrected chi connectivity index (χ1v) is 8.03. The minimum absolute atomic E-state index is 0.00467. The molecule has 28 heavy (non-hydrogen) atoms. The molecule has 2 aromatic rings. The number of imide groups is 1. The molecule has 0 spiro atoms. The van der Waals surface area contributed by atoms with E-state index in [2.05, 4.69) is 5.32 Å². The summed E-state index contributed by atoms with van der Waals surface area (Å²) in [5.74, 6) is -3.06. The number of rotatable bonds is 4. The summed E-state index contributed by atoms with van der Waals surface area (Å²) in [6.07, 6.45) is -4.65. The predicted molar refractivity (Wildman–Crippen MR) is 93.8 cm³/mol. The van der Waals surface area contributed by atoms with E-state index in [0.717, 1.165) is 12.1 Å². The molecule has 1 aliphatic rings. The number of alkyl halides is 3. The average Bonchev–Trinajstić information content (AvgIpc) is 2.85. The molecule has 1 aliphatic heterocycles. The van der Waals surface area contributed by atoms with Gasteiger partial charge in [-0.05, 0) is 42.5 Å². The van der Waals surface area contributed by atoms with Crippen molar-refractivity contribution >= 4 is 40.8 Å². The maximum Gasteiger partial charge on any atom is 0.416 e. The highest BCUT2D eigenvalue weighted by atomic mass is 35.5. The molecule has 0 bridgehead atoms. The van der Waals surface area contributed by atoms with Crippen LogP contribution < -0.4 is 10.2 Å². The van der Waals surface area contributed by atoms with Crippen molar-refractivity contribution in [2.24, 2.45) is 0 Å². The molecule has 144 valence electrons. The number of carbonyl (C=O) groups excluding carboxylic acids is 2. The summed E-state index contributed by atoms with van der Waals surface area (Å²) in [6.45, 7) is 0. The number of carbonyl (C=O) groups is 3. The topological polar surface area (TPSA) is 86.7 Å². The molecule has 0 saturated carbocycles. The van der Waals surface area contributed by atoms with Crippen molar-refractivity contribution in [3.05, 3.63) is 70.4 Å². The minimum Gasteiger partial charge on any atom is -0.478 e. The number of amides is 2. The van der Waals surface area contributed by atoms with Crippen LogP contribution in [0, 0.1) is 0 Å². The molecule has 2 amide bonds. The maximum atomic E-state index is 12.9. The van der Waals surface area contributed by atoms with Crippen molar-refractivity contribution < 1.29 is 32.7 Å². The van der Waals surface area contributed by atoms with E-state index in [4.69, 9.17) is 16.7 Å². The Bertz CT molecular complexity index is 1020. The lowest BCUT2D eigenvalue weighted by Crippen LogP contribution is -2.32. The van der Waals surface area contributed by atoms with Crippen molar-refractivity contribution in [1.29, 1.82) is 0 Å². The lowest BCUT2D eigenvalue weighted by molar-refractivity contribution is -0.137. The molecule has 1 heterocycles. The van der Waals surface area contributed by atoms with Gasteiger partial charge in [-0.15, -0.1) is 0 Å². The second kappa shape index (κ2) is 7.01. The van der Waals surface area contributed by atoms with Gasteiger partial charge in [0, 0.05) is 5.69 Å². The molecule has 2 N–H and O–H groups in total. The standard InChI is InChI=1S/C18H10ClF3N2O4/c19-13-14(23-11-6-4-9(5-7-11)17(27)28)16(26)24(15(13)25)12-3-1-2-10(8-12)18(20,21)22/h1-8,23H,(H,27,28). The number of nitrogens with zero attached hydrogens (tertiary/aromatic N) is 1. The Morgan fingerprint density at radius 1 is 1.04 bits per heavy atom. The van der Waals surface area contributed by atoms with Crippen molar-refractivity contribution in [3.8, 4) is 0 Å². The fourth-order valence-corrected chi connectivity index (χ4v) is 2.72. The van der Waals surface area contributed by atoms with Crippen LogP contribution in [0.1, 0.15) is 15.9 Å². The zero-order chi connectivity index (χ0) is 20.6. The highest BCUT2D eigenvalue weighted by Gasteiger charge is 2.40. The van der Waals surface area contributed by atoms with E-state index in [0.29, 0.717) is 11.0 Å². The zero-order valence-electron chi connectivity index (χ0n) is 13.7. The predicted octanol–water partition coefficient (Wildman–Crippen LogP) is 3.84. The maximum absolute atomic E-state index is 12.9. The third kappa shape index (κ3) is 3.56. The van der Waals surface area contributed by atoms with Crippen LogP contribution in [0.15, 0.2) is 59.3 Å². The first kappa shape index (κ1) is 19.4. The Balaban J connectivity index is 1.89. The van der Waals surface area contributed by atoms with Crippen LogP contribution in [0.2, 0.25) is 0 Å². The van der Waals surface area contributed by atoms with E-state index in [1.54, 1.807) is 0 Å². The highest BCUT2D eigenvalue weighted by molar-refractivity contribution is 6.53. The van der Waals surface area contributed by atoms with Gasteiger partial charge in [0.2, 0.25) is 0 Å². The van der Waals surface area contributed by atoms with E-state index < -0.39 is 34.6 Å². The molecule has 0 radical (unpaired) electrons. The van der Waals surface area contributed by atoms with Crippen molar-refractivity contribution in [2.75, 3.05) is 10.2 Å². The summed E-state index contributed by atoms with van der Waals surface area (Å²) in [6, 6.07) is 8.98. The molecule has 2 aromatic carbocycles.